The average molecular weight is 421 g/mol. The van der Waals surface area contributed by atoms with E-state index in [0.29, 0.717) is 38.0 Å². The second-order valence-electron chi connectivity index (χ2n) is 11.2. The van der Waals surface area contributed by atoms with Crippen LogP contribution >= 0.6 is 0 Å². The third-order valence-corrected chi connectivity index (χ3v) is 8.59. The van der Waals surface area contributed by atoms with E-state index in [0.717, 1.165) is 19.3 Å². The molecule has 2 saturated heterocycles. The van der Waals surface area contributed by atoms with Crippen LogP contribution in [-0.2, 0) is 28.6 Å². The number of rotatable bonds is 5. The zero-order chi connectivity index (χ0) is 21.9. The molecule has 2 aliphatic heterocycles. The second-order valence-corrected chi connectivity index (χ2v) is 11.2. The van der Waals surface area contributed by atoms with Crippen LogP contribution in [0.25, 0.3) is 0 Å². The van der Waals surface area contributed by atoms with Crippen molar-refractivity contribution in [3.63, 3.8) is 0 Å². The molecule has 168 valence electrons. The molecular weight excluding hydrogens is 384 g/mol. The number of hydrogen-bond acceptors (Lipinski definition) is 6. The van der Waals surface area contributed by atoms with E-state index < -0.39 is 22.3 Å². The summed E-state index contributed by atoms with van der Waals surface area (Å²) in [6, 6.07) is 0. The molecule has 7 unspecified atom stereocenters. The van der Waals surface area contributed by atoms with E-state index in [9.17, 15) is 14.4 Å². The first-order valence-electron chi connectivity index (χ1n) is 11.5. The largest absolute Gasteiger partial charge is 0.462 e. The van der Waals surface area contributed by atoms with E-state index in [1.807, 2.05) is 13.8 Å². The molecule has 6 heteroatoms. The van der Waals surface area contributed by atoms with Gasteiger partial charge in [0.05, 0.1) is 17.4 Å². The fourth-order valence-corrected chi connectivity index (χ4v) is 7.03. The maximum absolute atomic E-state index is 13.7. The number of hydrogen-bond donors (Lipinski definition) is 0. The normalized spacial score (nSPS) is 43.1. The number of ketones is 1. The molecule has 6 nitrogen and oxygen atoms in total. The van der Waals surface area contributed by atoms with E-state index in [1.54, 1.807) is 14.0 Å². The Morgan fingerprint density at radius 1 is 1.10 bits per heavy atom. The number of esters is 2. The monoisotopic (exact) mass is 420 g/mol. The number of carbonyl (C=O) groups excluding carboxylic acids is 3. The van der Waals surface area contributed by atoms with Crippen LogP contribution in [0.4, 0.5) is 0 Å². The van der Waals surface area contributed by atoms with Crippen LogP contribution < -0.4 is 0 Å². The highest BCUT2D eigenvalue weighted by atomic mass is 16.6. The molecule has 5 fully saturated rings. The Labute approximate surface area is 179 Å². The number of ether oxygens (including phenoxy) is 3. The van der Waals surface area contributed by atoms with Crippen molar-refractivity contribution in [2.45, 2.75) is 96.9 Å². The van der Waals surface area contributed by atoms with Gasteiger partial charge in [-0.15, -0.1) is 0 Å². The SMILES string of the molecule is COC1CC(C)CCC1C(C)(C)OC(=O)C12CC3CC(C(C)=O)(CC(C1)C(=O)O3)C2. The molecule has 5 rings (SSSR count). The third-order valence-electron chi connectivity index (χ3n) is 8.59. The lowest BCUT2D eigenvalue weighted by Crippen LogP contribution is -2.55. The molecule has 5 aliphatic rings. The quantitative estimate of drug-likeness (QED) is 0.629. The second kappa shape index (κ2) is 7.32. The summed E-state index contributed by atoms with van der Waals surface area (Å²) in [4.78, 5) is 38.9. The fourth-order valence-electron chi connectivity index (χ4n) is 7.03. The summed E-state index contributed by atoms with van der Waals surface area (Å²) in [5.74, 6) is -0.126. The Kier molecular flexibility index (Phi) is 5.32. The van der Waals surface area contributed by atoms with Crippen LogP contribution in [0.5, 0.6) is 0 Å². The van der Waals surface area contributed by atoms with Gasteiger partial charge in [0.1, 0.15) is 17.5 Å². The van der Waals surface area contributed by atoms with Crippen LogP contribution in [0.1, 0.15) is 79.1 Å². The van der Waals surface area contributed by atoms with Gasteiger partial charge in [-0.2, -0.15) is 0 Å². The van der Waals surface area contributed by atoms with Gasteiger partial charge in [-0.25, -0.2) is 0 Å². The smallest absolute Gasteiger partial charge is 0.312 e. The predicted molar refractivity (Wildman–Crippen MR) is 109 cm³/mol. The zero-order valence-electron chi connectivity index (χ0n) is 19.0. The molecule has 0 N–H and O–H groups in total. The predicted octanol–water partition coefficient (Wildman–Crippen LogP) is 3.84. The van der Waals surface area contributed by atoms with Gasteiger partial charge < -0.3 is 14.2 Å². The minimum Gasteiger partial charge on any atom is -0.462 e. The van der Waals surface area contributed by atoms with Crippen molar-refractivity contribution in [1.29, 1.82) is 0 Å². The van der Waals surface area contributed by atoms with Crippen LogP contribution in [0.15, 0.2) is 0 Å². The fraction of sp³-hybridized carbons (Fsp3) is 0.875. The van der Waals surface area contributed by atoms with Crippen molar-refractivity contribution in [2.24, 2.45) is 28.6 Å². The van der Waals surface area contributed by atoms with E-state index >= 15 is 0 Å². The number of fused-ring (bicyclic) bond motifs is 1. The Bertz CT molecular complexity index is 744. The Balaban J connectivity index is 1.59. The Morgan fingerprint density at radius 3 is 2.43 bits per heavy atom. The van der Waals surface area contributed by atoms with Gasteiger partial charge in [0.25, 0.3) is 0 Å². The van der Waals surface area contributed by atoms with Crippen molar-refractivity contribution in [1.82, 2.24) is 0 Å². The zero-order valence-corrected chi connectivity index (χ0v) is 19.0. The molecule has 30 heavy (non-hydrogen) atoms. The van der Waals surface area contributed by atoms with Crippen LogP contribution in [0.2, 0.25) is 0 Å². The first-order chi connectivity index (χ1) is 14.0. The first kappa shape index (κ1) is 21.8. The van der Waals surface area contributed by atoms with E-state index in [4.69, 9.17) is 14.2 Å². The highest BCUT2D eigenvalue weighted by Gasteiger charge is 2.64. The molecule has 7 atom stereocenters. The van der Waals surface area contributed by atoms with Crippen molar-refractivity contribution >= 4 is 17.7 Å². The highest BCUT2D eigenvalue weighted by Crippen LogP contribution is 2.61. The first-order valence-corrected chi connectivity index (χ1v) is 11.5. The molecule has 2 heterocycles. The van der Waals surface area contributed by atoms with Gasteiger partial charge in [-0.05, 0) is 65.2 Å². The van der Waals surface area contributed by atoms with Crippen molar-refractivity contribution in [3.05, 3.63) is 0 Å². The maximum Gasteiger partial charge on any atom is 0.312 e. The molecule has 0 spiro atoms. The molecular formula is C24H36O6. The van der Waals surface area contributed by atoms with Crippen LogP contribution in [-0.4, -0.2) is 42.6 Å². The minimum absolute atomic E-state index is 0.0594. The lowest BCUT2D eigenvalue weighted by molar-refractivity contribution is -0.194. The summed E-state index contributed by atoms with van der Waals surface area (Å²) in [5.41, 5.74) is -2.13. The lowest BCUT2D eigenvalue weighted by atomic mass is 9.51. The summed E-state index contributed by atoms with van der Waals surface area (Å²) < 4.78 is 17.7. The van der Waals surface area contributed by atoms with Crippen molar-refractivity contribution in [2.75, 3.05) is 7.11 Å². The highest BCUT2D eigenvalue weighted by molar-refractivity contribution is 5.88. The van der Waals surface area contributed by atoms with Gasteiger partial charge in [0.15, 0.2) is 0 Å². The lowest BCUT2D eigenvalue weighted by Gasteiger charge is -2.52. The average Bonchev–Trinajstić information content (AvgIpc) is 2.81. The van der Waals surface area contributed by atoms with Gasteiger partial charge in [-0.1, -0.05) is 13.3 Å². The summed E-state index contributed by atoms with van der Waals surface area (Å²) >= 11 is 0. The molecule has 4 bridgehead atoms. The Morgan fingerprint density at radius 2 is 1.77 bits per heavy atom. The Hall–Kier alpha value is -1.43. The summed E-state index contributed by atoms with van der Waals surface area (Å²) in [5, 5.41) is 0. The maximum atomic E-state index is 13.7. The molecule has 3 aliphatic carbocycles. The standard InChI is InChI=1S/C24H36O6/c1-14-6-7-18(19(8-14)28-5)22(3,4)30-21(27)24-10-16-9-23(13-24,15(2)25)11-17(12-24)29-20(16)26/h14,16-19H,6-13H2,1-5H3. The summed E-state index contributed by atoms with van der Waals surface area (Å²) in [6.07, 6.45) is 5.11. The summed E-state index contributed by atoms with van der Waals surface area (Å²) in [7, 11) is 1.73. The van der Waals surface area contributed by atoms with Crippen molar-refractivity contribution < 1.29 is 28.6 Å². The van der Waals surface area contributed by atoms with Crippen LogP contribution in [0.3, 0.4) is 0 Å². The van der Waals surface area contributed by atoms with Gasteiger partial charge in [-0.3, -0.25) is 14.4 Å². The van der Waals surface area contributed by atoms with Crippen LogP contribution in [0, 0.1) is 28.6 Å². The molecule has 3 saturated carbocycles. The van der Waals surface area contributed by atoms with Gasteiger partial charge in [0, 0.05) is 24.9 Å². The van der Waals surface area contributed by atoms with Gasteiger partial charge in [0.2, 0.25) is 0 Å². The number of methoxy groups -OCH3 is 1. The van der Waals surface area contributed by atoms with Gasteiger partial charge >= 0.3 is 11.9 Å². The van der Waals surface area contributed by atoms with E-state index in [2.05, 4.69) is 6.92 Å². The minimum atomic E-state index is -0.814. The molecule has 0 aromatic rings. The molecule has 0 aromatic heterocycles. The number of carbonyl (C=O) groups is 3. The third kappa shape index (κ3) is 3.49. The number of Topliss-reactive ketones (excluding diaryl/α,β-unsaturated/α-hetero) is 1. The van der Waals surface area contributed by atoms with E-state index in [-0.39, 0.29) is 35.8 Å². The summed E-state index contributed by atoms with van der Waals surface area (Å²) in [6.45, 7) is 7.79. The van der Waals surface area contributed by atoms with Crippen molar-refractivity contribution in [3.8, 4) is 0 Å². The molecule has 0 amide bonds. The molecule has 0 radical (unpaired) electrons. The topological polar surface area (TPSA) is 78.9 Å². The van der Waals surface area contributed by atoms with E-state index in [1.165, 1.54) is 0 Å². The molecule has 0 aromatic carbocycles.